The number of carbonyl (C=O) groups excluding carboxylic acids is 1. The van der Waals surface area contributed by atoms with Crippen molar-refractivity contribution in [2.75, 3.05) is 0 Å². The van der Waals surface area contributed by atoms with E-state index in [-0.39, 0.29) is 43.5 Å². The molecule has 0 fully saturated rings. The Morgan fingerprint density at radius 1 is 0.800 bits per heavy atom. The summed E-state index contributed by atoms with van der Waals surface area (Å²) in [5, 5.41) is 16.9. The first kappa shape index (κ1) is 32.8. The monoisotopic (exact) mass is 789 g/mol. The van der Waals surface area contributed by atoms with E-state index in [1.807, 2.05) is 39.0 Å². The van der Waals surface area contributed by atoms with E-state index >= 15 is 0 Å². The zero-order valence-corrected chi connectivity index (χ0v) is 29.4. The van der Waals surface area contributed by atoms with Crippen LogP contribution < -0.4 is 0 Å². The minimum Gasteiger partial charge on any atom is -0.512 e. The number of aliphatic hydroxyl groups is 1. The number of aliphatic hydroxyl groups excluding tert-OH is 1. The molecule has 6 aromatic rings. The van der Waals surface area contributed by atoms with E-state index in [4.69, 9.17) is 4.98 Å². The van der Waals surface area contributed by atoms with Crippen molar-refractivity contribution in [2.45, 2.75) is 53.4 Å². The number of nitrogens with zero attached hydrogens (tertiary/aromatic N) is 1. The quantitative estimate of drug-likeness (QED) is 0.0994. The number of carbonyl (C=O) groups is 1. The fraction of sp³-hybridized carbons (Fsp3) is 0.250. The number of rotatable bonds is 7. The van der Waals surface area contributed by atoms with Gasteiger partial charge in [-0.25, -0.2) is 0 Å². The average Bonchev–Trinajstić information content (AvgIpc) is 3.45. The van der Waals surface area contributed by atoms with Crippen LogP contribution in [-0.4, -0.2) is 15.9 Å². The van der Waals surface area contributed by atoms with Crippen LogP contribution in [0.25, 0.3) is 65.3 Å². The van der Waals surface area contributed by atoms with Gasteiger partial charge in [-0.05, 0) is 65.3 Å². The Labute approximate surface area is 283 Å². The van der Waals surface area contributed by atoms with Crippen LogP contribution in [-0.2, 0) is 24.9 Å². The van der Waals surface area contributed by atoms with E-state index < -0.39 is 0 Å². The molecular weight excluding hydrogens is 751 g/mol. The van der Waals surface area contributed by atoms with Crippen molar-refractivity contribution >= 4 is 48.9 Å². The molecule has 0 saturated carbocycles. The molecule has 1 N–H and O–H groups in total. The predicted molar refractivity (Wildman–Crippen MR) is 187 cm³/mol. The smallest absolute Gasteiger partial charge is 0.162 e. The van der Waals surface area contributed by atoms with Crippen molar-refractivity contribution in [1.82, 2.24) is 4.98 Å². The van der Waals surface area contributed by atoms with Crippen LogP contribution in [0.5, 0.6) is 0 Å². The van der Waals surface area contributed by atoms with Crippen LogP contribution in [0.15, 0.2) is 96.1 Å². The molecule has 0 spiro atoms. The van der Waals surface area contributed by atoms with Gasteiger partial charge in [-0.3, -0.25) is 9.78 Å². The number of fused-ring (bicyclic) bond motifs is 7. The maximum absolute atomic E-state index is 11.7. The largest absolute Gasteiger partial charge is 0.512 e. The van der Waals surface area contributed by atoms with E-state index in [2.05, 4.69) is 90.3 Å². The number of thiophene rings is 1. The van der Waals surface area contributed by atoms with Crippen LogP contribution in [0.4, 0.5) is 0 Å². The van der Waals surface area contributed by atoms with Crippen molar-refractivity contribution in [2.24, 2.45) is 11.8 Å². The third-order valence-electron chi connectivity index (χ3n) is 9.01. The van der Waals surface area contributed by atoms with Crippen molar-refractivity contribution in [1.29, 1.82) is 0 Å². The van der Waals surface area contributed by atoms with Crippen LogP contribution in [0, 0.1) is 17.9 Å². The number of hydrogen-bond donors (Lipinski definition) is 1. The van der Waals surface area contributed by atoms with Gasteiger partial charge >= 0.3 is 0 Å². The molecule has 7 rings (SSSR count). The Balaban J connectivity index is 0.000000217. The standard InChI is InChI=1S/C27H14NS.C13H24O2.Ir/c1-2-7-17-13-21-20(12-16(17)6-1)19-9-5-11-25-26(19)23(15-29-25)22-14-18-8-3-4-10-24(18)28-27(21)22;1-5-10(6-2)12(14)9-13(15)11(7-3)8-4;/h1-12,14-15H;9-11,14H,5-8H2,1-4H3;/q-1;;/b;12-9-;. The van der Waals surface area contributed by atoms with Crippen molar-refractivity contribution in [3.8, 4) is 33.5 Å². The van der Waals surface area contributed by atoms with Gasteiger partial charge in [-0.15, -0.1) is 34.9 Å². The number of benzene rings is 4. The van der Waals surface area contributed by atoms with E-state index in [0.717, 1.165) is 47.8 Å². The molecule has 2 aromatic heterocycles. The first-order valence-corrected chi connectivity index (χ1v) is 16.7. The molecule has 2 heterocycles. The molecule has 0 atom stereocenters. The topological polar surface area (TPSA) is 50.2 Å². The molecule has 0 saturated heterocycles. The maximum atomic E-state index is 11.7. The van der Waals surface area contributed by atoms with Gasteiger partial charge in [0.1, 0.15) is 0 Å². The first-order chi connectivity index (χ1) is 21.5. The molecule has 0 aliphatic heterocycles. The summed E-state index contributed by atoms with van der Waals surface area (Å²) >= 11 is 1.81. The summed E-state index contributed by atoms with van der Waals surface area (Å²) in [6, 6.07) is 31.8. The molecule has 1 aliphatic rings. The summed E-state index contributed by atoms with van der Waals surface area (Å²) in [5.41, 5.74) is 8.12. The van der Waals surface area contributed by atoms with Crippen LogP contribution in [0.1, 0.15) is 53.4 Å². The Kier molecular flexibility index (Phi) is 10.3. The van der Waals surface area contributed by atoms with E-state index in [9.17, 15) is 9.90 Å². The molecule has 1 aliphatic carbocycles. The van der Waals surface area contributed by atoms with Gasteiger partial charge in [0.05, 0.1) is 11.3 Å². The van der Waals surface area contributed by atoms with Crippen LogP contribution in [0.2, 0.25) is 0 Å². The van der Waals surface area contributed by atoms with Crippen LogP contribution in [0.3, 0.4) is 0 Å². The van der Waals surface area contributed by atoms with Crippen molar-refractivity contribution < 1.29 is 30.0 Å². The summed E-state index contributed by atoms with van der Waals surface area (Å²) < 4.78 is 1.32. The maximum Gasteiger partial charge on any atom is 0.162 e. The average molecular weight is 789 g/mol. The molecule has 231 valence electrons. The number of ketones is 1. The molecule has 0 bridgehead atoms. The van der Waals surface area contributed by atoms with Gasteiger partial charge < -0.3 is 5.11 Å². The molecular formula is C40H38IrNO2S-. The van der Waals surface area contributed by atoms with Gasteiger partial charge in [-0.2, -0.15) is 0 Å². The third-order valence-corrected chi connectivity index (χ3v) is 9.96. The summed E-state index contributed by atoms with van der Waals surface area (Å²) in [6.07, 6.45) is 4.91. The summed E-state index contributed by atoms with van der Waals surface area (Å²) in [6.45, 7) is 8.07. The fourth-order valence-corrected chi connectivity index (χ4v) is 7.35. The van der Waals surface area contributed by atoms with E-state index in [1.54, 1.807) is 0 Å². The Morgan fingerprint density at radius 3 is 2.20 bits per heavy atom. The summed E-state index contributed by atoms with van der Waals surface area (Å²) in [5.74, 6) is 0.547. The molecule has 1 radical (unpaired) electrons. The predicted octanol–water partition coefficient (Wildman–Crippen LogP) is 11.6. The minimum atomic E-state index is 0. The van der Waals surface area contributed by atoms with E-state index in [0.29, 0.717) is 0 Å². The van der Waals surface area contributed by atoms with Gasteiger partial charge in [0.25, 0.3) is 0 Å². The second-order valence-electron chi connectivity index (χ2n) is 11.5. The van der Waals surface area contributed by atoms with Gasteiger partial charge in [0.2, 0.25) is 0 Å². The van der Waals surface area contributed by atoms with Gasteiger partial charge in [0.15, 0.2) is 5.78 Å². The normalized spacial score (nSPS) is 12.0. The molecule has 0 amide bonds. The number of allylic oxidation sites excluding steroid dienone is 2. The Bertz CT molecular complexity index is 2020. The number of aromatic nitrogens is 1. The number of hydrogen-bond acceptors (Lipinski definition) is 4. The van der Waals surface area contributed by atoms with E-state index in [1.165, 1.54) is 49.2 Å². The zero-order chi connectivity index (χ0) is 30.8. The summed E-state index contributed by atoms with van der Waals surface area (Å²) in [7, 11) is 0. The Morgan fingerprint density at radius 2 is 1.47 bits per heavy atom. The molecule has 5 heteroatoms. The molecule has 4 aromatic carbocycles. The molecule has 3 nitrogen and oxygen atoms in total. The Hall–Kier alpha value is -3.63. The second kappa shape index (κ2) is 14.2. The minimum absolute atomic E-state index is 0. The first-order valence-electron chi connectivity index (χ1n) is 15.8. The number of pyridine rings is 1. The van der Waals surface area contributed by atoms with Gasteiger partial charge in [0, 0.05) is 53.8 Å². The molecule has 45 heavy (non-hydrogen) atoms. The third kappa shape index (κ3) is 6.27. The fourth-order valence-electron chi connectivity index (χ4n) is 6.37. The van der Waals surface area contributed by atoms with Crippen molar-refractivity contribution in [3.05, 3.63) is 102 Å². The van der Waals surface area contributed by atoms with Gasteiger partial charge in [-0.1, -0.05) is 98.8 Å². The summed E-state index contributed by atoms with van der Waals surface area (Å²) in [4.78, 5) is 16.9. The second-order valence-corrected chi connectivity index (χ2v) is 12.5. The van der Waals surface area contributed by atoms with Crippen molar-refractivity contribution in [3.63, 3.8) is 0 Å². The number of para-hydroxylation sites is 1. The van der Waals surface area contributed by atoms with Crippen LogP contribution >= 0.6 is 11.3 Å². The zero-order valence-electron chi connectivity index (χ0n) is 26.2. The molecule has 0 unspecified atom stereocenters. The SMILES string of the molecule is CCC(CC)C(=O)/C=C(\O)C(CC)CC.[Ir].[c-]1c2c(cc3ccccc13)-c1cccc3scc(c13)-c1cc3ccccc3nc1-2.